The summed E-state index contributed by atoms with van der Waals surface area (Å²) >= 11 is 0. The molecule has 0 heterocycles. The minimum absolute atomic E-state index is 0.0990. The summed E-state index contributed by atoms with van der Waals surface area (Å²) in [5.74, 6) is -0.0990. The summed E-state index contributed by atoms with van der Waals surface area (Å²) in [5.41, 5.74) is 3.64. The Balaban J connectivity index is 2.13. The normalized spacial score (nSPS) is 9.79. The molecule has 0 saturated carbocycles. The van der Waals surface area contributed by atoms with E-state index >= 15 is 0 Å². The molecule has 0 aromatic heterocycles. The van der Waals surface area contributed by atoms with Crippen LogP contribution in [-0.2, 0) is 16.2 Å². The van der Waals surface area contributed by atoms with Gasteiger partial charge in [-0.1, -0.05) is 30.3 Å². The Bertz CT molecular complexity index is 275. The van der Waals surface area contributed by atoms with E-state index in [4.69, 9.17) is 4.84 Å². The third-order valence-electron chi connectivity index (χ3n) is 1.70. The van der Waals surface area contributed by atoms with Crippen LogP contribution in [0, 0.1) is 0 Å². The van der Waals surface area contributed by atoms with Crippen LogP contribution in [0.2, 0.25) is 0 Å². The highest BCUT2D eigenvalue weighted by Gasteiger charge is 1.96. The number of likely N-dealkylation sites (N-methyl/N-ethyl adjacent to an activating group) is 1. The zero-order valence-electron chi connectivity index (χ0n) is 8.12. The smallest absolute Gasteiger partial charge is 0.236 e. The quantitative estimate of drug-likeness (QED) is 0.528. The molecule has 1 aromatic carbocycles. The molecule has 0 radical (unpaired) electrons. The fourth-order valence-electron chi connectivity index (χ4n) is 0.914. The highest BCUT2D eigenvalue weighted by atomic mass is 16.6. The lowest BCUT2D eigenvalue weighted by Gasteiger charge is -2.04. The Labute approximate surface area is 83.2 Å². The van der Waals surface area contributed by atoms with Gasteiger partial charge in [-0.25, -0.2) is 0 Å². The van der Waals surface area contributed by atoms with Gasteiger partial charge in [0.1, 0.15) is 0 Å². The average Bonchev–Trinajstić information content (AvgIpc) is 2.25. The zero-order chi connectivity index (χ0) is 10.2. The Kier molecular flexibility index (Phi) is 4.68. The summed E-state index contributed by atoms with van der Waals surface area (Å²) in [6.07, 6.45) is 0. The molecule has 0 aliphatic heterocycles. The van der Waals surface area contributed by atoms with E-state index in [0.29, 0.717) is 6.61 Å². The molecule has 0 saturated heterocycles. The molecule has 0 aliphatic rings. The predicted octanol–water partition coefficient (Wildman–Crippen LogP) is 0.454. The van der Waals surface area contributed by atoms with Crippen molar-refractivity contribution in [2.75, 3.05) is 13.6 Å². The van der Waals surface area contributed by atoms with Gasteiger partial charge in [-0.15, -0.1) is 0 Å². The van der Waals surface area contributed by atoms with Gasteiger partial charge in [-0.3, -0.25) is 9.63 Å². The van der Waals surface area contributed by atoms with Crippen molar-refractivity contribution < 1.29 is 9.63 Å². The first-order chi connectivity index (χ1) is 6.83. The van der Waals surface area contributed by atoms with Crippen LogP contribution in [0.15, 0.2) is 30.3 Å². The van der Waals surface area contributed by atoms with E-state index in [1.54, 1.807) is 7.05 Å². The standard InChI is InChI=1S/C10H14N2O2/c1-11-10(13)7-12-14-8-9-5-3-2-4-6-9/h2-6,12H,7-8H2,1H3,(H,11,13). The molecule has 76 valence electrons. The second kappa shape index (κ2) is 6.12. The van der Waals surface area contributed by atoms with E-state index in [9.17, 15) is 4.79 Å². The van der Waals surface area contributed by atoms with E-state index in [1.807, 2.05) is 30.3 Å². The van der Waals surface area contributed by atoms with E-state index in [2.05, 4.69) is 10.8 Å². The summed E-state index contributed by atoms with van der Waals surface area (Å²) in [6, 6.07) is 9.75. The van der Waals surface area contributed by atoms with Crippen molar-refractivity contribution in [1.29, 1.82) is 0 Å². The second-order valence-corrected chi connectivity index (χ2v) is 2.77. The van der Waals surface area contributed by atoms with Crippen molar-refractivity contribution in [2.24, 2.45) is 0 Å². The van der Waals surface area contributed by atoms with Crippen molar-refractivity contribution >= 4 is 5.91 Å². The molecule has 0 unspecified atom stereocenters. The summed E-state index contributed by atoms with van der Waals surface area (Å²) in [4.78, 5) is 15.9. The molecule has 0 bridgehead atoms. The monoisotopic (exact) mass is 194 g/mol. The van der Waals surface area contributed by atoms with E-state index in [1.165, 1.54) is 0 Å². The minimum Gasteiger partial charge on any atom is -0.358 e. The number of carbonyl (C=O) groups is 1. The van der Waals surface area contributed by atoms with Gasteiger partial charge < -0.3 is 5.32 Å². The van der Waals surface area contributed by atoms with Crippen LogP contribution in [0.1, 0.15) is 5.56 Å². The van der Waals surface area contributed by atoms with Crippen LogP contribution < -0.4 is 10.8 Å². The zero-order valence-corrected chi connectivity index (χ0v) is 8.12. The maximum Gasteiger partial charge on any atom is 0.236 e. The average molecular weight is 194 g/mol. The van der Waals surface area contributed by atoms with Gasteiger partial charge in [0, 0.05) is 7.05 Å². The minimum atomic E-state index is -0.0990. The number of hydrogen-bond donors (Lipinski definition) is 2. The van der Waals surface area contributed by atoms with Crippen molar-refractivity contribution in [3.63, 3.8) is 0 Å². The maximum atomic E-state index is 10.8. The largest absolute Gasteiger partial charge is 0.358 e. The highest BCUT2D eigenvalue weighted by Crippen LogP contribution is 1.98. The topological polar surface area (TPSA) is 50.4 Å². The highest BCUT2D eigenvalue weighted by molar-refractivity contribution is 5.77. The van der Waals surface area contributed by atoms with Gasteiger partial charge in [0.2, 0.25) is 5.91 Å². The molecule has 1 aromatic rings. The lowest BCUT2D eigenvalue weighted by Crippen LogP contribution is -2.31. The number of nitrogens with one attached hydrogen (secondary N) is 2. The molecule has 14 heavy (non-hydrogen) atoms. The van der Waals surface area contributed by atoms with Crippen LogP contribution >= 0.6 is 0 Å². The van der Waals surface area contributed by atoms with Crippen molar-refractivity contribution in [1.82, 2.24) is 10.8 Å². The Hall–Kier alpha value is -1.39. The van der Waals surface area contributed by atoms with Gasteiger partial charge in [0.25, 0.3) is 0 Å². The third-order valence-corrected chi connectivity index (χ3v) is 1.70. The van der Waals surface area contributed by atoms with E-state index < -0.39 is 0 Å². The molecule has 0 aliphatic carbocycles. The number of amides is 1. The molecule has 4 heteroatoms. The van der Waals surface area contributed by atoms with Crippen LogP contribution in [0.4, 0.5) is 0 Å². The van der Waals surface area contributed by atoms with Crippen LogP contribution in [0.5, 0.6) is 0 Å². The van der Waals surface area contributed by atoms with Crippen LogP contribution in [-0.4, -0.2) is 19.5 Å². The maximum absolute atomic E-state index is 10.8. The molecule has 2 N–H and O–H groups in total. The summed E-state index contributed by atoms with van der Waals surface area (Å²) in [5, 5.41) is 2.48. The molecule has 1 rings (SSSR count). The van der Waals surface area contributed by atoms with Crippen molar-refractivity contribution in [3.8, 4) is 0 Å². The number of hydroxylamine groups is 1. The molecule has 0 fully saturated rings. The molecule has 0 atom stereocenters. The SMILES string of the molecule is CNC(=O)CNOCc1ccccc1. The van der Waals surface area contributed by atoms with Gasteiger partial charge >= 0.3 is 0 Å². The van der Waals surface area contributed by atoms with Gasteiger partial charge in [-0.05, 0) is 5.56 Å². The van der Waals surface area contributed by atoms with Crippen molar-refractivity contribution in [3.05, 3.63) is 35.9 Å². The van der Waals surface area contributed by atoms with E-state index in [0.717, 1.165) is 5.56 Å². The summed E-state index contributed by atoms with van der Waals surface area (Å²) in [6.45, 7) is 0.626. The number of carbonyl (C=O) groups excluding carboxylic acids is 1. The van der Waals surface area contributed by atoms with Gasteiger partial charge in [0.05, 0.1) is 13.2 Å². The second-order valence-electron chi connectivity index (χ2n) is 2.77. The Morgan fingerprint density at radius 3 is 2.71 bits per heavy atom. The molecule has 1 amide bonds. The molecule has 0 spiro atoms. The fourth-order valence-corrected chi connectivity index (χ4v) is 0.914. The van der Waals surface area contributed by atoms with E-state index in [-0.39, 0.29) is 12.5 Å². The fraction of sp³-hybridized carbons (Fsp3) is 0.300. The molecular formula is C10H14N2O2. The summed E-state index contributed by atoms with van der Waals surface area (Å²) < 4.78 is 0. The third kappa shape index (κ3) is 4.02. The van der Waals surface area contributed by atoms with Crippen LogP contribution in [0.25, 0.3) is 0 Å². The lowest BCUT2D eigenvalue weighted by atomic mass is 10.2. The Morgan fingerprint density at radius 2 is 2.07 bits per heavy atom. The van der Waals surface area contributed by atoms with Crippen molar-refractivity contribution in [2.45, 2.75) is 6.61 Å². The first-order valence-corrected chi connectivity index (χ1v) is 4.42. The molecule has 4 nitrogen and oxygen atoms in total. The van der Waals surface area contributed by atoms with Gasteiger partial charge in [0.15, 0.2) is 0 Å². The lowest BCUT2D eigenvalue weighted by molar-refractivity contribution is -0.122. The number of hydrogen-bond acceptors (Lipinski definition) is 3. The first-order valence-electron chi connectivity index (χ1n) is 4.42. The molecular weight excluding hydrogens is 180 g/mol. The number of rotatable bonds is 5. The van der Waals surface area contributed by atoms with Gasteiger partial charge in [-0.2, -0.15) is 5.48 Å². The summed E-state index contributed by atoms with van der Waals surface area (Å²) in [7, 11) is 1.58. The van der Waals surface area contributed by atoms with Crippen LogP contribution in [0.3, 0.4) is 0 Å². The predicted molar refractivity (Wildman–Crippen MR) is 53.3 cm³/mol. The first kappa shape index (κ1) is 10.7. The number of benzene rings is 1. The Morgan fingerprint density at radius 1 is 1.36 bits per heavy atom.